The zero-order valence-corrected chi connectivity index (χ0v) is 15.8. The highest BCUT2D eigenvalue weighted by Gasteiger charge is 2.30. The number of nitrogens with two attached hydrogens (primary N) is 1. The summed E-state index contributed by atoms with van der Waals surface area (Å²) in [5.41, 5.74) is 3.75. The number of carbonyl (C=O) groups is 2. The molecule has 0 aromatic heterocycles. The lowest BCUT2D eigenvalue weighted by Gasteiger charge is -2.14. The van der Waals surface area contributed by atoms with E-state index in [-0.39, 0.29) is 16.3 Å². The van der Waals surface area contributed by atoms with Gasteiger partial charge in [0.1, 0.15) is 6.04 Å². The molecule has 1 unspecified atom stereocenters. The molecule has 1 atom stereocenters. The van der Waals surface area contributed by atoms with E-state index in [4.69, 9.17) is 5.73 Å². The van der Waals surface area contributed by atoms with Gasteiger partial charge in [-0.3, -0.25) is 9.52 Å². The van der Waals surface area contributed by atoms with Crippen LogP contribution in [0, 0.1) is 0 Å². The molecule has 0 heterocycles. The predicted octanol–water partition coefficient (Wildman–Crippen LogP) is 2.50. The third-order valence-electron chi connectivity index (χ3n) is 3.61. The van der Waals surface area contributed by atoms with Crippen molar-refractivity contribution in [3.63, 3.8) is 0 Å². The molecule has 29 heavy (non-hydrogen) atoms. The van der Waals surface area contributed by atoms with Gasteiger partial charge in [0.25, 0.3) is 10.0 Å². The van der Waals surface area contributed by atoms with Crippen molar-refractivity contribution in [2.24, 2.45) is 5.73 Å². The molecule has 2 aromatic carbocycles. The highest BCUT2D eigenvalue weighted by Crippen LogP contribution is 2.31. The van der Waals surface area contributed by atoms with Gasteiger partial charge in [0, 0.05) is 11.4 Å². The average molecular weight is 430 g/mol. The topological polar surface area (TPSA) is 130 Å². The molecule has 2 aromatic rings. The number of urea groups is 1. The van der Waals surface area contributed by atoms with Gasteiger partial charge in [0.2, 0.25) is 5.91 Å². The van der Waals surface area contributed by atoms with Crippen molar-refractivity contribution < 1.29 is 31.2 Å². The molecule has 0 saturated heterocycles. The maximum absolute atomic E-state index is 12.8. The Morgan fingerprint density at radius 2 is 1.66 bits per heavy atom. The number of rotatable bonds is 6. The van der Waals surface area contributed by atoms with E-state index >= 15 is 0 Å². The molecule has 0 spiro atoms. The molecular formula is C17H17F3N4O4S. The zero-order valence-electron chi connectivity index (χ0n) is 14.9. The first-order valence-electron chi connectivity index (χ1n) is 8.05. The van der Waals surface area contributed by atoms with Crippen molar-refractivity contribution in [3.8, 4) is 0 Å². The lowest BCUT2D eigenvalue weighted by atomic mass is 10.2. The van der Waals surface area contributed by atoms with Crippen LogP contribution in [0.15, 0.2) is 53.4 Å². The summed E-state index contributed by atoms with van der Waals surface area (Å²) in [7, 11) is -4.23. The molecule has 0 fully saturated rings. The number of anilines is 2. The first kappa shape index (κ1) is 22.0. The highest BCUT2D eigenvalue weighted by atomic mass is 32.2. The van der Waals surface area contributed by atoms with Crippen LogP contribution >= 0.6 is 0 Å². The molecule has 5 N–H and O–H groups in total. The lowest BCUT2D eigenvalue weighted by molar-refractivity contribution is -0.137. The number of nitrogens with one attached hydrogen (secondary N) is 3. The molecule has 0 radical (unpaired) electrons. The smallest absolute Gasteiger partial charge is 0.352 e. The number of halogens is 3. The van der Waals surface area contributed by atoms with Crippen molar-refractivity contribution in [2.75, 3.05) is 10.0 Å². The third-order valence-corrected chi connectivity index (χ3v) is 4.99. The Hall–Kier alpha value is -3.28. The summed E-state index contributed by atoms with van der Waals surface area (Å²) >= 11 is 0. The monoisotopic (exact) mass is 430 g/mol. The standard InChI is InChI=1S/C17H17F3N4O4S/c1-10(22-16(21)26)15(25)23-12-5-3-7-14(9-12)29(27,28)24-13-6-2-4-11(8-13)17(18,19)20/h2-10,24H,1H3,(H,23,25)(H3,21,22,26). The second-order valence-corrected chi connectivity index (χ2v) is 7.61. The minimum absolute atomic E-state index is 0.0973. The van der Waals surface area contributed by atoms with Crippen molar-refractivity contribution in [2.45, 2.75) is 24.0 Å². The summed E-state index contributed by atoms with van der Waals surface area (Å²) in [5.74, 6) is -0.649. The Morgan fingerprint density at radius 3 is 2.28 bits per heavy atom. The van der Waals surface area contributed by atoms with Crippen LogP contribution in [0.4, 0.5) is 29.3 Å². The lowest BCUT2D eigenvalue weighted by Crippen LogP contribution is -2.44. The third kappa shape index (κ3) is 6.10. The van der Waals surface area contributed by atoms with Crippen LogP contribution in [0.1, 0.15) is 12.5 Å². The number of primary amides is 1. The Bertz CT molecular complexity index is 1030. The van der Waals surface area contributed by atoms with Gasteiger partial charge in [0.05, 0.1) is 10.5 Å². The number of alkyl halides is 3. The molecule has 156 valence electrons. The van der Waals surface area contributed by atoms with Gasteiger partial charge in [0.15, 0.2) is 0 Å². The molecular weight excluding hydrogens is 413 g/mol. The molecule has 0 aliphatic heterocycles. The Balaban J connectivity index is 2.21. The normalized spacial score (nSPS) is 12.7. The molecule has 12 heteroatoms. The minimum atomic E-state index is -4.62. The number of hydrogen-bond donors (Lipinski definition) is 4. The summed E-state index contributed by atoms with van der Waals surface area (Å²) in [6, 6.07) is 6.91. The number of sulfonamides is 1. The van der Waals surface area contributed by atoms with Crippen molar-refractivity contribution in [3.05, 3.63) is 54.1 Å². The quantitative estimate of drug-likeness (QED) is 0.561. The fourth-order valence-electron chi connectivity index (χ4n) is 2.24. The van der Waals surface area contributed by atoms with Gasteiger partial charge >= 0.3 is 12.2 Å². The fourth-order valence-corrected chi connectivity index (χ4v) is 3.34. The molecule has 0 saturated carbocycles. The summed E-state index contributed by atoms with van der Waals surface area (Å²) in [5, 5.41) is 4.56. The predicted molar refractivity (Wildman–Crippen MR) is 99.5 cm³/mol. The van der Waals surface area contributed by atoms with Gasteiger partial charge < -0.3 is 16.4 Å². The Labute approximate surface area is 164 Å². The second-order valence-electron chi connectivity index (χ2n) is 5.93. The van der Waals surface area contributed by atoms with E-state index in [0.717, 1.165) is 18.2 Å². The largest absolute Gasteiger partial charge is 0.416 e. The second kappa shape index (κ2) is 8.39. The van der Waals surface area contributed by atoms with E-state index in [1.54, 1.807) is 0 Å². The zero-order chi connectivity index (χ0) is 21.8. The molecule has 8 nitrogen and oxygen atoms in total. The maximum Gasteiger partial charge on any atom is 0.416 e. The van der Waals surface area contributed by atoms with Gasteiger partial charge in [-0.15, -0.1) is 0 Å². The number of amides is 3. The minimum Gasteiger partial charge on any atom is -0.352 e. The Morgan fingerprint density at radius 1 is 1.03 bits per heavy atom. The fraction of sp³-hybridized carbons (Fsp3) is 0.176. The van der Waals surface area contributed by atoms with Gasteiger partial charge in [-0.2, -0.15) is 13.2 Å². The molecule has 0 aliphatic carbocycles. The van der Waals surface area contributed by atoms with Crippen LogP contribution in [-0.2, 0) is 21.0 Å². The van der Waals surface area contributed by atoms with Gasteiger partial charge in [-0.1, -0.05) is 12.1 Å². The summed E-state index contributed by atoms with van der Waals surface area (Å²) in [4.78, 5) is 22.5. The average Bonchev–Trinajstić information content (AvgIpc) is 2.60. The van der Waals surface area contributed by atoms with Gasteiger partial charge in [-0.05, 0) is 43.3 Å². The van der Waals surface area contributed by atoms with Crippen LogP contribution in [0.25, 0.3) is 0 Å². The molecule has 0 aliphatic rings. The highest BCUT2D eigenvalue weighted by molar-refractivity contribution is 7.92. The molecule has 2 rings (SSSR count). The first-order valence-corrected chi connectivity index (χ1v) is 9.54. The first-order chi connectivity index (χ1) is 13.4. The van der Waals surface area contributed by atoms with Crippen LogP contribution in [-0.4, -0.2) is 26.4 Å². The van der Waals surface area contributed by atoms with Crippen molar-refractivity contribution >= 4 is 33.3 Å². The van der Waals surface area contributed by atoms with E-state index < -0.39 is 39.7 Å². The number of carbonyl (C=O) groups excluding carboxylic acids is 2. The maximum atomic E-state index is 12.8. The van der Waals surface area contributed by atoms with Crippen LogP contribution in [0.5, 0.6) is 0 Å². The van der Waals surface area contributed by atoms with E-state index in [1.165, 1.54) is 31.2 Å². The SMILES string of the molecule is CC(NC(N)=O)C(=O)Nc1cccc(S(=O)(=O)Nc2cccc(C(F)(F)F)c2)c1. The van der Waals surface area contributed by atoms with E-state index in [2.05, 4.69) is 15.4 Å². The molecule has 0 bridgehead atoms. The van der Waals surface area contributed by atoms with E-state index in [0.29, 0.717) is 6.07 Å². The molecule has 3 amide bonds. The van der Waals surface area contributed by atoms with Gasteiger partial charge in [-0.25, -0.2) is 13.2 Å². The summed E-state index contributed by atoms with van der Waals surface area (Å²) in [6.45, 7) is 1.37. The van der Waals surface area contributed by atoms with Crippen LogP contribution in [0.2, 0.25) is 0 Å². The Kier molecular flexibility index (Phi) is 6.37. The van der Waals surface area contributed by atoms with Crippen molar-refractivity contribution in [1.82, 2.24) is 5.32 Å². The summed E-state index contributed by atoms with van der Waals surface area (Å²) in [6.07, 6.45) is -4.62. The van der Waals surface area contributed by atoms with E-state index in [9.17, 15) is 31.2 Å². The number of hydrogen-bond acceptors (Lipinski definition) is 4. The van der Waals surface area contributed by atoms with Crippen molar-refractivity contribution in [1.29, 1.82) is 0 Å². The van der Waals surface area contributed by atoms with E-state index in [1.807, 2.05) is 0 Å². The van der Waals surface area contributed by atoms with Crippen LogP contribution < -0.4 is 21.1 Å². The van der Waals surface area contributed by atoms with Crippen LogP contribution in [0.3, 0.4) is 0 Å². The number of benzene rings is 2. The summed E-state index contributed by atoms with van der Waals surface area (Å²) < 4.78 is 65.4.